The number of aryl methyl sites for hydroxylation is 1. The molecule has 1 amide bonds. The molecule has 8 nitrogen and oxygen atoms in total. The van der Waals surface area contributed by atoms with Crippen LogP contribution in [0, 0.1) is 0 Å². The zero-order valence-corrected chi connectivity index (χ0v) is 12.9. The fraction of sp³-hybridized carbons (Fsp3) is 0.533. The molecule has 1 aliphatic heterocycles. The zero-order chi connectivity index (χ0) is 16.1. The lowest BCUT2D eigenvalue weighted by atomic mass is 10.3. The number of hydrogen-bond acceptors (Lipinski definition) is 6. The Morgan fingerprint density at radius 3 is 3.17 bits per heavy atom. The van der Waals surface area contributed by atoms with Crippen LogP contribution in [0.15, 0.2) is 29.1 Å². The topological polar surface area (TPSA) is 96.4 Å². The number of nitrogens with zero attached hydrogens (tertiary/aromatic N) is 4. The molecule has 1 atom stereocenters. The third kappa shape index (κ3) is 4.40. The fourth-order valence-electron chi connectivity index (χ4n) is 2.60. The molecule has 3 heterocycles. The van der Waals surface area contributed by atoms with Crippen LogP contribution in [0.2, 0.25) is 0 Å². The van der Waals surface area contributed by atoms with Gasteiger partial charge >= 0.3 is 0 Å². The number of rotatable bonds is 7. The number of aliphatic hydroxyl groups excluding tert-OH is 1. The van der Waals surface area contributed by atoms with E-state index in [2.05, 4.69) is 20.3 Å². The van der Waals surface area contributed by atoms with Crippen molar-refractivity contribution in [3.63, 3.8) is 0 Å². The van der Waals surface area contributed by atoms with Crippen LogP contribution in [-0.2, 0) is 13.1 Å². The molecule has 0 aliphatic carbocycles. The molecule has 0 aromatic carbocycles. The summed E-state index contributed by atoms with van der Waals surface area (Å²) < 4.78 is 7.16. The lowest BCUT2D eigenvalue weighted by molar-refractivity contribution is 0.0947. The van der Waals surface area contributed by atoms with Crippen LogP contribution >= 0.6 is 0 Å². The molecule has 2 N–H and O–H groups in total. The van der Waals surface area contributed by atoms with Crippen molar-refractivity contribution in [2.24, 2.45) is 0 Å². The summed E-state index contributed by atoms with van der Waals surface area (Å²) in [5.74, 6) is 0.266. The van der Waals surface area contributed by atoms with E-state index < -0.39 is 0 Å². The maximum absolute atomic E-state index is 12.0. The van der Waals surface area contributed by atoms with Crippen molar-refractivity contribution in [2.45, 2.75) is 32.0 Å². The predicted octanol–water partition coefficient (Wildman–Crippen LogP) is 0.258. The predicted molar refractivity (Wildman–Crippen MR) is 81.6 cm³/mol. The molecule has 3 rings (SSSR count). The van der Waals surface area contributed by atoms with E-state index in [0.29, 0.717) is 31.2 Å². The summed E-state index contributed by atoms with van der Waals surface area (Å²) in [5.41, 5.74) is 0.291. The van der Waals surface area contributed by atoms with Gasteiger partial charge in [0.05, 0.1) is 12.6 Å². The van der Waals surface area contributed by atoms with E-state index in [0.717, 1.165) is 25.9 Å². The highest BCUT2D eigenvalue weighted by Crippen LogP contribution is 2.13. The third-order valence-electron chi connectivity index (χ3n) is 3.80. The maximum Gasteiger partial charge on any atom is 0.273 e. The quantitative estimate of drug-likeness (QED) is 0.711. The van der Waals surface area contributed by atoms with Gasteiger partial charge in [-0.3, -0.25) is 14.4 Å². The van der Waals surface area contributed by atoms with E-state index in [-0.39, 0.29) is 12.0 Å². The van der Waals surface area contributed by atoms with Crippen LogP contribution < -0.4 is 5.32 Å². The Bertz CT molecular complexity index is 625. The van der Waals surface area contributed by atoms with Gasteiger partial charge in [-0.25, -0.2) is 4.98 Å². The Morgan fingerprint density at radius 2 is 2.43 bits per heavy atom. The van der Waals surface area contributed by atoms with Crippen LogP contribution in [-0.4, -0.2) is 56.4 Å². The molecule has 1 aliphatic rings. The van der Waals surface area contributed by atoms with Crippen LogP contribution in [0.5, 0.6) is 0 Å². The van der Waals surface area contributed by atoms with E-state index >= 15 is 0 Å². The van der Waals surface area contributed by atoms with Crippen molar-refractivity contribution in [1.82, 2.24) is 25.0 Å². The minimum absolute atomic E-state index is 0.234. The summed E-state index contributed by atoms with van der Waals surface area (Å²) in [7, 11) is 0. The minimum Gasteiger partial charge on any atom is -0.447 e. The Hall–Kier alpha value is -2.19. The van der Waals surface area contributed by atoms with Crippen molar-refractivity contribution in [3.05, 3.63) is 36.3 Å². The number of carbonyl (C=O) groups excluding carboxylic acids is 1. The highest BCUT2D eigenvalue weighted by atomic mass is 16.3. The number of likely N-dealkylation sites (tertiary alicyclic amines) is 1. The van der Waals surface area contributed by atoms with E-state index in [1.807, 2.05) is 16.9 Å². The zero-order valence-electron chi connectivity index (χ0n) is 12.9. The number of carbonyl (C=O) groups is 1. The number of amides is 1. The van der Waals surface area contributed by atoms with Crippen LogP contribution in [0.25, 0.3) is 0 Å². The van der Waals surface area contributed by atoms with Gasteiger partial charge in [-0.05, 0) is 18.9 Å². The second-order valence-corrected chi connectivity index (χ2v) is 5.68. The first kappa shape index (κ1) is 15.7. The minimum atomic E-state index is -0.275. The molecule has 0 radical (unpaired) electrons. The number of hydrogen-bond donors (Lipinski definition) is 2. The van der Waals surface area contributed by atoms with Crippen molar-refractivity contribution in [1.29, 1.82) is 0 Å². The summed E-state index contributed by atoms with van der Waals surface area (Å²) in [6.07, 6.45) is 6.29. The van der Waals surface area contributed by atoms with Crippen molar-refractivity contribution in [2.75, 3.05) is 19.6 Å². The molecule has 2 aromatic rings. The van der Waals surface area contributed by atoms with E-state index in [4.69, 9.17) is 4.42 Å². The van der Waals surface area contributed by atoms with Gasteiger partial charge in [0, 0.05) is 38.6 Å². The Kier molecular flexibility index (Phi) is 5.04. The van der Waals surface area contributed by atoms with Crippen LogP contribution in [0.4, 0.5) is 0 Å². The first-order valence-corrected chi connectivity index (χ1v) is 7.81. The maximum atomic E-state index is 12.0. The van der Waals surface area contributed by atoms with Crippen molar-refractivity contribution < 1.29 is 14.3 Å². The number of aliphatic hydroxyl groups is 1. The van der Waals surface area contributed by atoms with Gasteiger partial charge in [0.1, 0.15) is 6.26 Å². The van der Waals surface area contributed by atoms with Crippen molar-refractivity contribution in [3.8, 4) is 0 Å². The van der Waals surface area contributed by atoms with E-state index in [1.54, 1.807) is 6.20 Å². The van der Waals surface area contributed by atoms with E-state index in [1.165, 1.54) is 6.26 Å². The van der Waals surface area contributed by atoms with Gasteiger partial charge in [0.25, 0.3) is 5.91 Å². The molecule has 0 spiro atoms. The first-order chi connectivity index (χ1) is 11.2. The standard InChI is InChI=1S/C15H21N5O3/c21-12-3-8-19(9-12)10-14-18-13(11-23-14)15(22)16-4-1-6-20-7-2-5-17-20/h2,5,7,11-12,21H,1,3-4,6,8-10H2,(H,16,22)/t12-/m0/s1. The first-order valence-electron chi connectivity index (χ1n) is 7.81. The van der Waals surface area contributed by atoms with Gasteiger partial charge in [-0.1, -0.05) is 0 Å². The highest BCUT2D eigenvalue weighted by molar-refractivity contribution is 5.91. The third-order valence-corrected chi connectivity index (χ3v) is 3.80. The molecule has 2 aromatic heterocycles. The number of aromatic nitrogens is 3. The Labute approximate surface area is 134 Å². The summed E-state index contributed by atoms with van der Waals surface area (Å²) in [6.45, 7) is 3.27. The molecule has 0 bridgehead atoms. The largest absolute Gasteiger partial charge is 0.447 e. The molecule has 0 saturated carbocycles. The highest BCUT2D eigenvalue weighted by Gasteiger charge is 2.22. The Balaban J connectivity index is 1.41. The molecule has 124 valence electrons. The van der Waals surface area contributed by atoms with Gasteiger partial charge in [-0.15, -0.1) is 0 Å². The summed E-state index contributed by atoms with van der Waals surface area (Å²) in [4.78, 5) is 18.3. The molecule has 8 heteroatoms. The number of nitrogens with one attached hydrogen (secondary N) is 1. The SMILES string of the molecule is O=C(NCCCn1cccn1)c1coc(CN2CC[C@H](O)C2)n1. The second kappa shape index (κ2) is 7.38. The average Bonchev–Trinajstić information content (AvgIpc) is 3.26. The Morgan fingerprint density at radius 1 is 1.52 bits per heavy atom. The lowest BCUT2D eigenvalue weighted by Gasteiger charge is -2.11. The lowest BCUT2D eigenvalue weighted by Crippen LogP contribution is -2.26. The average molecular weight is 319 g/mol. The van der Waals surface area contributed by atoms with Gasteiger partial charge in [0.2, 0.25) is 5.89 Å². The summed E-state index contributed by atoms with van der Waals surface area (Å²) >= 11 is 0. The molecular weight excluding hydrogens is 298 g/mol. The fourth-order valence-corrected chi connectivity index (χ4v) is 2.60. The van der Waals surface area contributed by atoms with Crippen LogP contribution in [0.1, 0.15) is 29.2 Å². The molecule has 1 saturated heterocycles. The number of β-amino-alcohol motifs (C(OH)–C–C–N with tert-alkyl or cyclic N) is 1. The van der Waals surface area contributed by atoms with Gasteiger partial charge in [-0.2, -0.15) is 5.10 Å². The summed E-state index contributed by atoms with van der Waals surface area (Å²) in [5, 5.41) is 16.4. The molecular formula is C15H21N5O3. The van der Waals surface area contributed by atoms with Gasteiger partial charge < -0.3 is 14.8 Å². The van der Waals surface area contributed by atoms with Crippen LogP contribution in [0.3, 0.4) is 0 Å². The van der Waals surface area contributed by atoms with E-state index in [9.17, 15) is 9.90 Å². The second-order valence-electron chi connectivity index (χ2n) is 5.68. The molecule has 23 heavy (non-hydrogen) atoms. The smallest absolute Gasteiger partial charge is 0.273 e. The normalized spacial score (nSPS) is 18.4. The monoisotopic (exact) mass is 319 g/mol. The van der Waals surface area contributed by atoms with Crippen molar-refractivity contribution >= 4 is 5.91 Å². The molecule has 0 unspecified atom stereocenters. The number of oxazole rings is 1. The molecule has 1 fully saturated rings. The summed E-state index contributed by atoms with van der Waals surface area (Å²) in [6, 6.07) is 1.87. The van der Waals surface area contributed by atoms with Gasteiger partial charge in [0.15, 0.2) is 5.69 Å².